The van der Waals surface area contributed by atoms with E-state index < -0.39 is 17.6 Å². The number of aliphatic hydroxyl groups excluding tert-OH is 1. The number of hydrogen-bond acceptors (Lipinski definition) is 4. The first-order valence-electron chi connectivity index (χ1n) is 5.87. The number of likely N-dealkylation sites (N-methyl/N-ethyl adjacent to an activating group) is 1. The van der Waals surface area contributed by atoms with Crippen LogP contribution in [0.25, 0.3) is 0 Å². The summed E-state index contributed by atoms with van der Waals surface area (Å²) in [5, 5.41) is 25.6. The summed E-state index contributed by atoms with van der Waals surface area (Å²) in [5.74, 6) is -0.966. The molecule has 0 saturated heterocycles. The highest BCUT2D eigenvalue weighted by atomic mass is 16.4. The number of hydrogen-bond donors (Lipinski definition) is 4. The van der Waals surface area contributed by atoms with Crippen molar-refractivity contribution in [2.24, 2.45) is 0 Å². The fourth-order valence-corrected chi connectivity index (χ4v) is 2.39. The predicted octanol–water partition coefficient (Wildman–Crippen LogP) is 1.21. The Morgan fingerprint density at radius 3 is 2.67 bits per heavy atom. The second-order valence-corrected chi connectivity index (χ2v) is 5.17. The predicted molar refractivity (Wildman–Crippen MR) is 68.9 cm³/mol. The van der Waals surface area contributed by atoms with E-state index in [1.54, 1.807) is 25.2 Å². The number of aliphatic hydroxyl groups is 1. The Balaban J connectivity index is 2.53. The Labute approximate surface area is 106 Å². The van der Waals surface area contributed by atoms with Crippen molar-refractivity contribution in [3.63, 3.8) is 0 Å². The van der Waals surface area contributed by atoms with Gasteiger partial charge < -0.3 is 20.8 Å². The molecule has 0 radical (unpaired) electrons. The van der Waals surface area contributed by atoms with Gasteiger partial charge in [0, 0.05) is 5.69 Å². The van der Waals surface area contributed by atoms with Gasteiger partial charge in [0.25, 0.3) is 0 Å². The van der Waals surface area contributed by atoms with Crippen molar-refractivity contribution >= 4 is 11.7 Å². The van der Waals surface area contributed by atoms with Crippen molar-refractivity contribution in [2.75, 3.05) is 12.4 Å². The summed E-state index contributed by atoms with van der Waals surface area (Å²) in [7, 11) is 1.76. The lowest BCUT2D eigenvalue weighted by Crippen LogP contribution is -2.53. The number of carboxylic acids is 1. The average molecular weight is 250 g/mol. The quantitative estimate of drug-likeness (QED) is 0.634. The van der Waals surface area contributed by atoms with E-state index in [9.17, 15) is 9.90 Å². The minimum absolute atomic E-state index is 0.225. The SMILES string of the molecule is CN[C@@H]1c2cc(C(=O)O)ccc2NC(C)(C)[C@H]1O. The van der Waals surface area contributed by atoms with Gasteiger partial charge in [-0.2, -0.15) is 0 Å². The highest BCUT2D eigenvalue weighted by Gasteiger charge is 2.40. The van der Waals surface area contributed by atoms with Crippen LogP contribution in [-0.4, -0.2) is 34.9 Å². The number of fused-ring (bicyclic) bond motifs is 1. The van der Waals surface area contributed by atoms with Crippen LogP contribution in [0.4, 0.5) is 5.69 Å². The molecule has 0 spiro atoms. The molecule has 98 valence electrons. The van der Waals surface area contributed by atoms with E-state index in [1.807, 2.05) is 13.8 Å². The van der Waals surface area contributed by atoms with Crippen LogP contribution >= 0.6 is 0 Å². The summed E-state index contributed by atoms with van der Waals surface area (Å²) in [6, 6.07) is 4.63. The average Bonchev–Trinajstić information content (AvgIpc) is 2.30. The van der Waals surface area contributed by atoms with Gasteiger partial charge in [-0.05, 0) is 44.7 Å². The van der Waals surface area contributed by atoms with Gasteiger partial charge in [0.15, 0.2) is 0 Å². The minimum Gasteiger partial charge on any atom is -0.478 e. The van der Waals surface area contributed by atoms with E-state index in [4.69, 9.17) is 5.11 Å². The van der Waals surface area contributed by atoms with E-state index in [0.717, 1.165) is 11.3 Å². The van der Waals surface area contributed by atoms with E-state index in [-0.39, 0.29) is 11.6 Å². The molecule has 0 bridgehead atoms. The summed E-state index contributed by atoms with van der Waals surface area (Å²) in [6.07, 6.45) is -0.640. The normalized spacial score (nSPS) is 25.1. The van der Waals surface area contributed by atoms with Crippen LogP contribution < -0.4 is 10.6 Å². The third-order valence-corrected chi connectivity index (χ3v) is 3.46. The molecule has 0 fully saturated rings. The van der Waals surface area contributed by atoms with Crippen molar-refractivity contribution in [2.45, 2.75) is 31.5 Å². The van der Waals surface area contributed by atoms with Crippen LogP contribution in [0.5, 0.6) is 0 Å². The molecule has 0 aliphatic carbocycles. The molecule has 4 N–H and O–H groups in total. The second kappa shape index (κ2) is 4.26. The van der Waals surface area contributed by atoms with E-state index >= 15 is 0 Å². The molecule has 0 saturated carbocycles. The Morgan fingerprint density at radius 1 is 1.44 bits per heavy atom. The first-order chi connectivity index (χ1) is 8.36. The molecule has 1 aromatic carbocycles. The molecule has 0 unspecified atom stereocenters. The van der Waals surface area contributed by atoms with Gasteiger partial charge in [0.1, 0.15) is 0 Å². The first-order valence-corrected chi connectivity index (χ1v) is 5.87. The summed E-state index contributed by atoms with van der Waals surface area (Å²) >= 11 is 0. The van der Waals surface area contributed by atoms with Crippen molar-refractivity contribution in [3.05, 3.63) is 29.3 Å². The topological polar surface area (TPSA) is 81.6 Å². The molecule has 2 rings (SSSR count). The zero-order valence-electron chi connectivity index (χ0n) is 10.7. The molecule has 0 aromatic heterocycles. The molecule has 18 heavy (non-hydrogen) atoms. The maximum absolute atomic E-state index is 11.0. The maximum Gasteiger partial charge on any atom is 0.335 e. The van der Waals surface area contributed by atoms with Crippen molar-refractivity contribution in [1.29, 1.82) is 0 Å². The number of rotatable bonds is 2. The molecular formula is C13H18N2O3. The van der Waals surface area contributed by atoms with E-state index in [1.165, 1.54) is 0 Å². The largest absolute Gasteiger partial charge is 0.478 e. The van der Waals surface area contributed by atoms with Crippen LogP contribution in [0, 0.1) is 0 Å². The fraction of sp³-hybridized carbons (Fsp3) is 0.462. The molecular weight excluding hydrogens is 232 g/mol. The van der Waals surface area contributed by atoms with Crippen LogP contribution in [0.1, 0.15) is 35.8 Å². The van der Waals surface area contributed by atoms with Crippen molar-refractivity contribution < 1.29 is 15.0 Å². The summed E-state index contributed by atoms with van der Waals surface area (Å²) in [4.78, 5) is 11.0. The molecule has 1 heterocycles. The summed E-state index contributed by atoms with van der Waals surface area (Å²) in [6.45, 7) is 3.83. The lowest BCUT2D eigenvalue weighted by molar-refractivity contribution is 0.0684. The molecule has 1 aromatic rings. The Kier molecular flexibility index (Phi) is 3.04. The molecule has 0 amide bonds. The fourth-order valence-electron chi connectivity index (χ4n) is 2.39. The Morgan fingerprint density at radius 2 is 2.11 bits per heavy atom. The smallest absolute Gasteiger partial charge is 0.335 e. The third-order valence-electron chi connectivity index (χ3n) is 3.46. The third kappa shape index (κ3) is 1.95. The van der Waals surface area contributed by atoms with Crippen LogP contribution in [0.2, 0.25) is 0 Å². The second-order valence-electron chi connectivity index (χ2n) is 5.17. The van der Waals surface area contributed by atoms with Gasteiger partial charge in [0.05, 0.1) is 23.2 Å². The van der Waals surface area contributed by atoms with Gasteiger partial charge in [-0.1, -0.05) is 0 Å². The standard InChI is InChI=1S/C13H18N2O3/c1-13(2)11(16)10(14-3)8-6-7(12(17)18)4-5-9(8)15-13/h4-6,10-11,14-16H,1-3H3,(H,17,18)/t10-,11+/m1/s1. The highest BCUT2D eigenvalue weighted by Crippen LogP contribution is 2.37. The number of nitrogens with one attached hydrogen (secondary N) is 2. The number of aromatic carboxylic acids is 1. The Hall–Kier alpha value is -1.59. The van der Waals surface area contributed by atoms with Crippen molar-refractivity contribution in [3.8, 4) is 0 Å². The molecule has 1 aliphatic rings. The van der Waals surface area contributed by atoms with Crippen LogP contribution in [0.15, 0.2) is 18.2 Å². The lowest BCUT2D eigenvalue weighted by atomic mass is 9.82. The monoisotopic (exact) mass is 250 g/mol. The molecule has 1 aliphatic heterocycles. The molecule has 2 atom stereocenters. The number of anilines is 1. The zero-order valence-corrected chi connectivity index (χ0v) is 10.7. The number of benzene rings is 1. The highest BCUT2D eigenvalue weighted by molar-refractivity contribution is 5.88. The van der Waals surface area contributed by atoms with Gasteiger partial charge in [-0.15, -0.1) is 0 Å². The first kappa shape index (κ1) is 12.9. The van der Waals surface area contributed by atoms with E-state index in [0.29, 0.717) is 0 Å². The summed E-state index contributed by atoms with van der Waals surface area (Å²) < 4.78 is 0. The minimum atomic E-state index is -0.966. The number of carboxylic acid groups (broad SMARTS) is 1. The lowest BCUT2D eigenvalue weighted by Gasteiger charge is -2.43. The number of carbonyl (C=O) groups is 1. The Bertz CT molecular complexity index is 485. The molecule has 5 heteroatoms. The van der Waals surface area contributed by atoms with Gasteiger partial charge in [-0.3, -0.25) is 0 Å². The maximum atomic E-state index is 11.0. The van der Waals surface area contributed by atoms with E-state index in [2.05, 4.69) is 10.6 Å². The zero-order chi connectivity index (χ0) is 13.5. The van der Waals surface area contributed by atoms with Crippen LogP contribution in [0.3, 0.4) is 0 Å². The van der Waals surface area contributed by atoms with Gasteiger partial charge >= 0.3 is 5.97 Å². The van der Waals surface area contributed by atoms with Gasteiger partial charge in [0.2, 0.25) is 0 Å². The molecule has 5 nitrogen and oxygen atoms in total. The van der Waals surface area contributed by atoms with Gasteiger partial charge in [-0.25, -0.2) is 4.79 Å². The summed E-state index contributed by atoms with van der Waals surface area (Å²) in [5.41, 5.74) is 1.40. The van der Waals surface area contributed by atoms with Crippen LogP contribution in [-0.2, 0) is 0 Å². The van der Waals surface area contributed by atoms with Crippen molar-refractivity contribution in [1.82, 2.24) is 5.32 Å².